The highest BCUT2D eigenvalue weighted by atomic mass is 16.2. The maximum atomic E-state index is 11.4. The SMILES string of the molecule is Cn1ncc(NC(=O)NC2CNC2)c1N. The molecule has 0 aromatic carbocycles. The number of nitrogens with two attached hydrogens (primary N) is 1. The smallest absolute Gasteiger partial charge is 0.319 e. The number of amides is 2. The van der Waals surface area contributed by atoms with Crippen LogP contribution in [-0.2, 0) is 7.05 Å². The zero-order valence-corrected chi connectivity index (χ0v) is 8.45. The maximum Gasteiger partial charge on any atom is 0.319 e. The van der Waals surface area contributed by atoms with Gasteiger partial charge in [0, 0.05) is 20.1 Å². The lowest BCUT2D eigenvalue weighted by molar-refractivity contribution is 0.243. The number of carbonyl (C=O) groups excluding carboxylic acids is 1. The summed E-state index contributed by atoms with van der Waals surface area (Å²) < 4.78 is 1.50. The zero-order valence-electron chi connectivity index (χ0n) is 8.45. The zero-order chi connectivity index (χ0) is 10.8. The van der Waals surface area contributed by atoms with Gasteiger partial charge >= 0.3 is 6.03 Å². The van der Waals surface area contributed by atoms with Crippen molar-refractivity contribution in [2.24, 2.45) is 7.05 Å². The molecule has 0 atom stereocenters. The van der Waals surface area contributed by atoms with Crippen LogP contribution in [-0.4, -0.2) is 34.9 Å². The molecule has 2 rings (SSSR count). The first-order valence-electron chi connectivity index (χ1n) is 4.72. The molecular weight excluding hydrogens is 196 g/mol. The molecule has 0 unspecified atom stereocenters. The molecule has 0 saturated carbocycles. The number of hydrogen-bond donors (Lipinski definition) is 4. The third-order valence-electron chi connectivity index (χ3n) is 2.35. The average molecular weight is 210 g/mol. The topological polar surface area (TPSA) is 97.0 Å². The quantitative estimate of drug-likeness (QED) is 0.508. The molecule has 1 aromatic rings. The number of anilines is 2. The number of rotatable bonds is 2. The minimum atomic E-state index is -0.249. The highest BCUT2D eigenvalue weighted by molar-refractivity contribution is 5.92. The molecule has 2 heterocycles. The van der Waals surface area contributed by atoms with Crippen LogP contribution in [0, 0.1) is 0 Å². The number of aromatic nitrogens is 2. The van der Waals surface area contributed by atoms with Crippen LogP contribution in [0.3, 0.4) is 0 Å². The van der Waals surface area contributed by atoms with E-state index in [0.29, 0.717) is 11.5 Å². The van der Waals surface area contributed by atoms with Gasteiger partial charge in [-0.25, -0.2) is 4.79 Å². The summed E-state index contributed by atoms with van der Waals surface area (Å²) >= 11 is 0. The molecule has 1 saturated heterocycles. The molecule has 7 nitrogen and oxygen atoms in total. The molecule has 2 amide bonds. The van der Waals surface area contributed by atoms with E-state index in [1.807, 2.05) is 0 Å². The Morgan fingerprint density at radius 1 is 1.73 bits per heavy atom. The van der Waals surface area contributed by atoms with Crippen molar-refractivity contribution in [3.8, 4) is 0 Å². The first kappa shape index (κ1) is 9.78. The Morgan fingerprint density at radius 3 is 2.93 bits per heavy atom. The first-order valence-corrected chi connectivity index (χ1v) is 4.72. The summed E-state index contributed by atoms with van der Waals surface area (Å²) in [4.78, 5) is 11.4. The van der Waals surface area contributed by atoms with Gasteiger partial charge in [-0.2, -0.15) is 5.10 Å². The average Bonchev–Trinajstić information content (AvgIpc) is 2.43. The Kier molecular flexibility index (Phi) is 2.46. The molecule has 0 spiro atoms. The molecule has 1 aliphatic heterocycles. The molecule has 7 heteroatoms. The fraction of sp³-hybridized carbons (Fsp3) is 0.500. The molecule has 5 N–H and O–H groups in total. The van der Waals surface area contributed by atoms with Crippen molar-refractivity contribution in [1.82, 2.24) is 20.4 Å². The van der Waals surface area contributed by atoms with Crippen molar-refractivity contribution in [2.75, 3.05) is 24.1 Å². The minimum Gasteiger partial charge on any atom is -0.382 e. The van der Waals surface area contributed by atoms with Crippen LogP contribution in [0.4, 0.5) is 16.3 Å². The van der Waals surface area contributed by atoms with Crippen molar-refractivity contribution in [1.29, 1.82) is 0 Å². The highest BCUT2D eigenvalue weighted by Gasteiger charge is 2.19. The largest absolute Gasteiger partial charge is 0.382 e. The van der Waals surface area contributed by atoms with Crippen LogP contribution in [0.5, 0.6) is 0 Å². The second kappa shape index (κ2) is 3.77. The van der Waals surface area contributed by atoms with E-state index < -0.39 is 0 Å². The van der Waals surface area contributed by atoms with E-state index in [9.17, 15) is 4.79 Å². The van der Waals surface area contributed by atoms with E-state index in [4.69, 9.17) is 5.73 Å². The van der Waals surface area contributed by atoms with Crippen LogP contribution >= 0.6 is 0 Å². The monoisotopic (exact) mass is 210 g/mol. The fourth-order valence-electron chi connectivity index (χ4n) is 1.28. The van der Waals surface area contributed by atoms with Crippen molar-refractivity contribution in [3.63, 3.8) is 0 Å². The Balaban J connectivity index is 1.90. The number of urea groups is 1. The van der Waals surface area contributed by atoms with Gasteiger partial charge in [0.1, 0.15) is 11.5 Å². The number of aryl methyl sites for hydroxylation is 1. The van der Waals surface area contributed by atoms with Gasteiger partial charge in [0.25, 0.3) is 0 Å². The maximum absolute atomic E-state index is 11.4. The van der Waals surface area contributed by atoms with Gasteiger partial charge in [0.15, 0.2) is 0 Å². The Morgan fingerprint density at radius 2 is 2.47 bits per heavy atom. The number of carbonyl (C=O) groups is 1. The molecule has 15 heavy (non-hydrogen) atoms. The van der Waals surface area contributed by atoms with Crippen molar-refractivity contribution in [2.45, 2.75) is 6.04 Å². The number of nitrogens with zero attached hydrogens (tertiary/aromatic N) is 2. The summed E-state index contributed by atoms with van der Waals surface area (Å²) in [5, 5.41) is 12.4. The predicted octanol–water partition coefficient (Wildman–Crippen LogP) is -0.904. The standard InChI is InChI=1S/C8H14N6O/c1-14-7(9)6(4-11-14)13-8(15)12-5-2-10-3-5/h4-5,10H,2-3,9H2,1H3,(H2,12,13,15). The van der Waals surface area contributed by atoms with E-state index in [1.54, 1.807) is 7.05 Å². The molecule has 0 bridgehead atoms. The third kappa shape index (κ3) is 2.01. The number of nitrogen functional groups attached to an aromatic ring is 1. The van der Waals surface area contributed by atoms with Gasteiger partial charge in [0.05, 0.1) is 12.2 Å². The number of nitrogens with one attached hydrogen (secondary N) is 3. The summed E-state index contributed by atoms with van der Waals surface area (Å²) in [6, 6.07) is -0.0379. The van der Waals surface area contributed by atoms with Gasteiger partial charge in [0.2, 0.25) is 0 Å². The summed E-state index contributed by atoms with van der Waals surface area (Å²) in [6.07, 6.45) is 1.52. The Bertz CT molecular complexity index is 369. The van der Waals surface area contributed by atoms with Crippen LogP contribution < -0.4 is 21.7 Å². The van der Waals surface area contributed by atoms with E-state index in [-0.39, 0.29) is 12.1 Å². The molecule has 1 fully saturated rings. The van der Waals surface area contributed by atoms with Gasteiger partial charge in [-0.1, -0.05) is 0 Å². The van der Waals surface area contributed by atoms with Gasteiger partial charge in [-0.3, -0.25) is 4.68 Å². The third-order valence-corrected chi connectivity index (χ3v) is 2.35. The first-order chi connectivity index (χ1) is 7.16. The van der Waals surface area contributed by atoms with E-state index in [2.05, 4.69) is 21.0 Å². The number of hydrogen-bond acceptors (Lipinski definition) is 4. The Hall–Kier alpha value is -1.76. The van der Waals surface area contributed by atoms with Crippen LogP contribution in [0.2, 0.25) is 0 Å². The highest BCUT2D eigenvalue weighted by Crippen LogP contribution is 2.15. The molecule has 1 aromatic heterocycles. The van der Waals surface area contributed by atoms with Crippen LogP contribution in [0.25, 0.3) is 0 Å². The van der Waals surface area contributed by atoms with Crippen molar-refractivity contribution < 1.29 is 4.79 Å². The van der Waals surface area contributed by atoms with Crippen molar-refractivity contribution in [3.05, 3.63) is 6.20 Å². The lowest BCUT2D eigenvalue weighted by Gasteiger charge is -2.27. The lowest BCUT2D eigenvalue weighted by Crippen LogP contribution is -2.57. The molecule has 82 valence electrons. The van der Waals surface area contributed by atoms with Crippen LogP contribution in [0.15, 0.2) is 6.20 Å². The fourth-order valence-corrected chi connectivity index (χ4v) is 1.28. The minimum absolute atomic E-state index is 0.211. The molecule has 1 aliphatic rings. The summed E-state index contributed by atoms with van der Waals surface area (Å²) in [6.45, 7) is 1.63. The lowest BCUT2D eigenvalue weighted by atomic mass is 10.2. The molecule has 0 aliphatic carbocycles. The summed E-state index contributed by atoms with van der Waals surface area (Å²) in [5.41, 5.74) is 6.20. The van der Waals surface area contributed by atoms with E-state index >= 15 is 0 Å². The Labute approximate surface area is 87.0 Å². The van der Waals surface area contributed by atoms with Crippen molar-refractivity contribution >= 4 is 17.5 Å². The summed E-state index contributed by atoms with van der Waals surface area (Å²) in [5.74, 6) is 0.442. The summed E-state index contributed by atoms with van der Waals surface area (Å²) in [7, 11) is 1.72. The molecular formula is C8H14N6O. The van der Waals surface area contributed by atoms with Gasteiger partial charge in [-0.05, 0) is 0 Å². The van der Waals surface area contributed by atoms with E-state index in [1.165, 1.54) is 10.9 Å². The van der Waals surface area contributed by atoms with Crippen LogP contribution in [0.1, 0.15) is 0 Å². The van der Waals surface area contributed by atoms with Gasteiger partial charge < -0.3 is 21.7 Å². The predicted molar refractivity (Wildman–Crippen MR) is 56.4 cm³/mol. The van der Waals surface area contributed by atoms with Gasteiger partial charge in [-0.15, -0.1) is 0 Å². The second-order valence-electron chi connectivity index (χ2n) is 3.52. The second-order valence-corrected chi connectivity index (χ2v) is 3.52. The van der Waals surface area contributed by atoms with E-state index in [0.717, 1.165) is 13.1 Å². The molecule has 0 radical (unpaired) electrons. The normalized spacial score (nSPS) is 15.8.